The molecule has 1 N–H and O–H groups in total. The molecule has 1 aliphatic carbocycles. The first-order chi connectivity index (χ1) is 11.2. The van der Waals surface area contributed by atoms with Gasteiger partial charge >= 0.3 is 0 Å². The Morgan fingerprint density at radius 2 is 2.09 bits per heavy atom. The molecule has 2 aliphatic rings. The van der Waals surface area contributed by atoms with Crippen molar-refractivity contribution in [2.24, 2.45) is 0 Å². The van der Waals surface area contributed by atoms with Crippen molar-refractivity contribution in [1.82, 2.24) is 20.0 Å². The van der Waals surface area contributed by atoms with Gasteiger partial charge in [0.15, 0.2) is 0 Å². The summed E-state index contributed by atoms with van der Waals surface area (Å²) in [4.78, 5) is 15.3. The lowest BCUT2D eigenvalue weighted by atomic mass is 9.95. The van der Waals surface area contributed by atoms with Crippen molar-refractivity contribution < 1.29 is 9.53 Å². The number of aromatic nitrogens is 2. The number of hydrogen-bond donors (Lipinski definition) is 1. The van der Waals surface area contributed by atoms with E-state index in [-0.39, 0.29) is 17.5 Å². The molecule has 1 aromatic heterocycles. The van der Waals surface area contributed by atoms with Gasteiger partial charge in [-0.05, 0) is 25.3 Å². The Bertz CT molecular complexity index is 491. The molecule has 2 heterocycles. The maximum Gasteiger partial charge on any atom is 0.245 e. The van der Waals surface area contributed by atoms with Gasteiger partial charge in [-0.25, -0.2) is 0 Å². The van der Waals surface area contributed by atoms with E-state index in [1.54, 1.807) is 10.9 Å². The molecule has 2 fully saturated rings. The third-order valence-electron chi connectivity index (χ3n) is 5.11. The van der Waals surface area contributed by atoms with Crippen molar-refractivity contribution in [3.05, 3.63) is 18.5 Å². The predicted octanol–water partition coefficient (Wildman–Crippen LogP) is 1.60. The summed E-state index contributed by atoms with van der Waals surface area (Å²) in [5.41, 5.74) is -0.0744. The zero-order valence-corrected chi connectivity index (χ0v) is 14.0. The Kier molecular flexibility index (Phi) is 5.33. The quantitative estimate of drug-likeness (QED) is 0.865. The first kappa shape index (κ1) is 16.5. The second-order valence-corrected chi connectivity index (χ2v) is 6.78. The molecule has 6 nitrogen and oxygen atoms in total. The van der Waals surface area contributed by atoms with Crippen molar-refractivity contribution in [1.29, 1.82) is 0 Å². The molecule has 1 aromatic rings. The van der Waals surface area contributed by atoms with E-state index in [1.807, 2.05) is 19.2 Å². The van der Waals surface area contributed by atoms with Crippen LogP contribution in [0.15, 0.2) is 18.5 Å². The standard InChI is InChI=1S/C17H28N4O2/c1-2-15(21-9-5-8-18-21)16(22)19-17(6-3-4-7-17)14-20-10-12-23-13-11-20/h5,8-9,15H,2-4,6-7,10-14H2,1H3,(H,19,22)/t15-/m1/s1. The van der Waals surface area contributed by atoms with Gasteiger partial charge in [-0.3, -0.25) is 14.4 Å². The van der Waals surface area contributed by atoms with Crippen LogP contribution in [0.1, 0.15) is 45.1 Å². The Morgan fingerprint density at radius 1 is 1.35 bits per heavy atom. The lowest BCUT2D eigenvalue weighted by Gasteiger charge is -2.38. The zero-order chi connectivity index (χ0) is 16.1. The summed E-state index contributed by atoms with van der Waals surface area (Å²) >= 11 is 0. The smallest absolute Gasteiger partial charge is 0.245 e. The van der Waals surface area contributed by atoms with Gasteiger partial charge in [0.2, 0.25) is 5.91 Å². The highest BCUT2D eigenvalue weighted by molar-refractivity contribution is 5.81. The van der Waals surface area contributed by atoms with Gasteiger partial charge in [0.25, 0.3) is 0 Å². The summed E-state index contributed by atoms with van der Waals surface area (Å²) in [5, 5.41) is 7.65. The molecule has 0 radical (unpaired) electrons. The first-order valence-corrected chi connectivity index (χ1v) is 8.84. The Hall–Kier alpha value is -1.40. The van der Waals surface area contributed by atoms with Crippen LogP contribution in [-0.4, -0.2) is 59.0 Å². The van der Waals surface area contributed by atoms with Gasteiger partial charge in [-0.1, -0.05) is 19.8 Å². The number of nitrogens with one attached hydrogen (secondary N) is 1. The minimum absolute atomic E-state index is 0.0744. The number of carbonyl (C=O) groups is 1. The number of rotatable bonds is 6. The van der Waals surface area contributed by atoms with Crippen LogP contribution < -0.4 is 5.32 Å². The number of hydrogen-bond acceptors (Lipinski definition) is 4. The van der Waals surface area contributed by atoms with Gasteiger partial charge in [0.05, 0.1) is 18.8 Å². The zero-order valence-electron chi connectivity index (χ0n) is 14.0. The van der Waals surface area contributed by atoms with Crippen LogP contribution in [0.3, 0.4) is 0 Å². The van der Waals surface area contributed by atoms with Gasteiger partial charge in [0.1, 0.15) is 6.04 Å². The highest BCUT2D eigenvalue weighted by Gasteiger charge is 2.38. The van der Waals surface area contributed by atoms with Gasteiger partial charge in [-0.2, -0.15) is 5.10 Å². The average Bonchev–Trinajstić information content (AvgIpc) is 3.22. The Balaban J connectivity index is 1.67. The molecule has 6 heteroatoms. The van der Waals surface area contributed by atoms with Crippen LogP contribution in [0.5, 0.6) is 0 Å². The Labute approximate surface area is 138 Å². The first-order valence-electron chi connectivity index (χ1n) is 8.84. The Morgan fingerprint density at radius 3 is 2.70 bits per heavy atom. The van der Waals surface area contributed by atoms with Crippen molar-refractivity contribution in [2.75, 3.05) is 32.8 Å². The third-order valence-corrected chi connectivity index (χ3v) is 5.11. The van der Waals surface area contributed by atoms with E-state index in [4.69, 9.17) is 4.74 Å². The van der Waals surface area contributed by atoms with E-state index in [0.29, 0.717) is 0 Å². The van der Waals surface area contributed by atoms with E-state index >= 15 is 0 Å². The summed E-state index contributed by atoms with van der Waals surface area (Å²) < 4.78 is 7.21. The average molecular weight is 320 g/mol. The fourth-order valence-electron chi connectivity index (χ4n) is 3.86. The third kappa shape index (κ3) is 3.93. The summed E-state index contributed by atoms with van der Waals surface area (Å²) in [6.07, 6.45) is 8.90. The molecular formula is C17H28N4O2. The summed E-state index contributed by atoms with van der Waals surface area (Å²) in [5.74, 6) is 0.103. The van der Waals surface area contributed by atoms with Crippen LogP contribution in [-0.2, 0) is 9.53 Å². The molecule has 23 heavy (non-hydrogen) atoms. The fraction of sp³-hybridized carbons (Fsp3) is 0.765. The molecule has 128 valence electrons. The predicted molar refractivity (Wildman–Crippen MR) is 88.2 cm³/mol. The van der Waals surface area contributed by atoms with Crippen molar-refractivity contribution in [3.8, 4) is 0 Å². The number of nitrogens with zero attached hydrogens (tertiary/aromatic N) is 3. The molecule has 1 saturated heterocycles. The van der Waals surface area contributed by atoms with E-state index in [1.165, 1.54) is 12.8 Å². The maximum atomic E-state index is 12.9. The normalized spacial score (nSPS) is 22.8. The second kappa shape index (κ2) is 7.45. The summed E-state index contributed by atoms with van der Waals surface area (Å²) in [7, 11) is 0. The monoisotopic (exact) mass is 320 g/mol. The molecule has 1 saturated carbocycles. The molecule has 0 aromatic carbocycles. The van der Waals surface area contributed by atoms with Gasteiger partial charge in [-0.15, -0.1) is 0 Å². The molecule has 1 aliphatic heterocycles. The minimum Gasteiger partial charge on any atom is -0.379 e. The van der Waals surface area contributed by atoms with Crippen LogP contribution in [0.2, 0.25) is 0 Å². The lowest BCUT2D eigenvalue weighted by molar-refractivity contribution is -0.127. The molecule has 0 bridgehead atoms. The molecular weight excluding hydrogens is 292 g/mol. The molecule has 3 rings (SSSR count). The number of morpholine rings is 1. The van der Waals surface area contributed by atoms with Gasteiger partial charge in [0, 0.05) is 32.0 Å². The lowest BCUT2D eigenvalue weighted by Crippen LogP contribution is -2.56. The number of ether oxygens (including phenoxy) is 1. The van der Waals surface area contributed by atoms with E-state index in [2.05, 4.69) is 15.3 Å². The van der Waals surface area contributed by atoms with Crippen molar-refractivity contribution >= 4 is 5.91 Å². The SMILES string of the molecule is CC[C@H](C(=O)NC1(CN2CCOCC2)CCCC1)n1cccn1. The molecule has 0 spiro atoms. The fourth-order valence-corrected chi connectivity index (χ4v) is 3.86. The van der Waals surface area contributed by atoms with Crippen LogP contribution >= 0.6 is 0 Å². The summed E-state index contributed by atoms with van der Waals surface area (Å²) in [6, 6.07) is 1.65. The molecule has 1 atom stereocenters. The minimum atomic E-state index is -0.216. The molecule has 1 amide bonds. The number of amides is 1. The topological polar surface area (TPSA) is 59.4 Å². The van der Waals surface area contributed by atoms with Crippen molar-refractivity contribution in [2.45, 2.75) is 50.6 Å². The van der Waals surface area contributed by atoms with Crippen LogP contribution in [0.25, 0.3) is 0 Å². The number of carbonyl (C=O) groups excluding carboxylic acids is 1. The van der Waals surface area contributed by atoms with E-state index in [9.17, 15) is 4.79 Å². The molecule has 0 unspecified atom stereocenters. The van der Waals surface area contributed by atoms with Gasteiger partial charge < -0.3 is 10.1 Å². The maximum absolute atomic E-state index is 12.9. The highest BCUT2D eigenvalue weighted by atomic mass is 16.5. The van der Waals surface area contributed by atoms with Crippen LogP contribution in [0.4, 0.5) is 0 Å². The second-order valence-electron chi connectivity index (χ2n) is 6.78. The largest absolute Gasteiger partial charge is 0.379 e. The van der Waals surface area contributed by atoms with Crippen molar-refractivity contribution in [3.63, 3.8) is 0 Å². The van der Waals surface area contributed by atoms with E-state index < -0.39 is 0 Å². The summed E-state index contributed by atoms with van der Waals surface area (Å²) in [6.45, 7) is 6.51. The van der Waals surface area contributed by atoms with E-state index in [0.717, 1.165) is 52.1 Å². The van der Waals surface area contributed by atoms with Crippen LogP contribution in [0, 0.1) is 0 Å². The highest BCUT2D eigenvalue weighted by Crippen LogP contribution is 2.31.